The molecule has 11 heteroatoms. The minimum atomic E-state index is -2.25. The summed E-state index contributed by atoms with van der Waals surface area (Å²) in [5.74, 6) is 0.113. The van der Waals surface area contributed by atoms with Crippen LogP contribution in [0.1, 0.15) is 11.9 Å². The van der Waals surface area contributed by atoms with Gasteiger partial charge >= 0.3 is 0 Å². The fourth-order valence-corrected chi connectivity index (χ4v) is 3.81. The minimum Gasteiger partial charge on any atom is -0.497 e. The van der Waals surface area contributed by atoms with Crippen LogP contribution in [0.2, 0.25) is 0 Å². The van der Waals surface area contributed by atoms with Crippen molar-refractivity contribution in [2.75, 3.05) is 13.7 Å². The summed E-state index contributed by atoms with van der Waals surface area (Å²) in [6.45, 7) is 0.134. The number of ether oxygens (including phenoxy) is 5. The lowest BCUT2D eigenvalue weighted by atomic mass is 9.95. The van der Waals surface area contributed by atoms with E-state index in [1.807, 2.05) is 30.3 Å². The summed E-state index contributed by atoms with van der Waals surface area (Å²) in [4.78, 5) is 12.4. The number of fused-ring (bicyclic) bond motifs is 1. The summed E-state index contributed by atoms with van der Waals surface area (Å²) in [5.41, 5.74) is 0.779. The van der Waals surface area contributed by atoms with E-state index in [0.29, 0.717) is 11.5 Å². The SMILES string of the molecule is COc1ccc(O[C@H]2O[C@@H]3COC(c4ccccc4)O[C@H]3[C@H](O)[C@H]2NC(=O)C(Cl)(Cl)Cl)cc1. The van der Waals surface area contributed by atoms with Gasteiger partial charge in [-0.05, 0) is 24.3 Å². The van der Waals surface area contributed by atoms with E-state index in [1.165, 1.54) is 0 Å². The summed E-state index contributed by atoms with van der Waals surface area (Å²) < 4.78 is 26.6. The second-order valence-electron chi connectivity index (χ2n) is 7.50. The first-order valence-corrected chi connectivity index (χ1v) is 11.2. The maximum absolute atomic E-state index is 12.4. The number of carbonyl (C=O) groups is 1. The first-order chi connectivity index (χ1) is 15.8. The van der Waals surface area contributed by atoms with E-state index in [1.54, 1.807) is 31.4 Å². The maximum Gasteiger partial charge on any atom is 0.272 e. The highest BCUT2D eigenvalue weighted by molar-refractivity contribution is 6.76. The molecular weight excluding hydrogens is 497 g/mol. The van der Waals surface area contributed by atoms with Gasteiger partial charge in [-0.15, -0.1) is 0 Å². The van der Waals surface area contributed by atoms with Crippen LogP contribution in [-0.2, 0) is 19.0 Å². The molecule has 4 rings (SSSR count). The fraction of sp³-hybridized carbons (Fsp3) is 0.409. The predicted octanol–water partition coefficient (Wildman–Crippen LogP) is 3.13. The Balaban J connectivity index is 1.55. The molecule has 0 saturated carbocycles. The number of alkyl halides is 3. The summed E-state index contributed by atoms with van der Waals surface area (Å²) in [6.07, 6.45) is -4.58. The van der Waals surface area contributed by atoms with Crippen LogP contribution in [0.15, 0.2) is 54.6 Å². The number of hydrogen-bond acceptors (Lipinski definition) is 7. The lowest BCUT2D eigenvalue weighted by molar-refractivity contribution is -0.333. The number of rotatable bonds is 5. The summed E-state index contributed by atoms with van der Waals surface area (Å²) in [7, 11) is 1.55. The van der Waals surface area contributed by atoms with Crippen molar-refractivity contribution in [1.29, 1.82) is 0 Å². The number of halogens is 3. The molecule has 6 atom stereocenters. The molecule has 2 saturated heterocycles. The van der Waals surface area contributed by atoms with E-state index in [-0.39, 0.29) is 6.61 Å². The standard InChI is InChI=1S/C22H22Cl3NO7/c1-29-13-7-9-14(10-8-13)31-20-16(26-21(28)22(23,24)25)17(27)18-15(32-20)11-30-19(33-18)12-5-3-2-4-6-12/h2-10,15-20,27H,11H2,1H3,(H,26,28)/t15-,16-,17-,18-,19?,20+/m1/s1. The monoisotopic (exact) mass is 517 g/mol. The average Bonchev–Trinajstić information content (AvgIpc) is 2.81. The highest BCUT2D eigenvalue weighted by Crippen LogP contribution is 2.36. The van der Waals surface area contributed by atoms with Gasteiger partial charge < -0.3 is 34.1 Å². The van der Waals surface area contributed by atoms with Crippen LogP contribution < -0.4 is 14.8 Å². The molecule has 2 aliphatic heterocycles. The summed E-state index contributed by atoms with van der Waals surface area (Å²) in [6, 6.07) is 14.9. The molecule has 0 radical (unpaired) electrons. The Morgan fingerprint density at radius 3 is 2.36 bits per heavy atom. The highest BCUT2D eigenvalue weighted by Gasteiger charge is 2.52. The van der Waals surface area contributed by atoms with Gasteiger partial charge in [-0.25, -0.2) is 0 Å². The van der Waals surface area contributed by atoms with Gasteiger partial charge in [0.05, 0.1) is 13.7 Å². The number of nitrogens with one attached hydrogen (secondary N) is 1. The predicted molar refractivity (Wildman–Crippen MR) is 121 cm³/mol. The Morgan fingerprint density at radius 2 is 1.73 bits per heavy atom. The topological polar surface area (TPSA) is 95.5 Å². The molecule has 0 bridgehead atoms. The Hall–Kier alpha value is -1.78. The van der Waals surface area contributed by atoms with Crippen LogP contribution in [0.5, 0.6) is 11.5 Å². The number of aliphatic hydroxyl groups excluding tert-OH is 1. The Kier molecular flexibility index (Phi) is 7.55. The Bertz CT molecular complexity index is 941. The molecular formula is C22H22Cl3NO7. The van der Waals surface area contributed by atoms with E-state index in [0.717, 1.165) is 5.56 Å². The molecule has 0 aromatic heterocycles. The average molecular weight is 519 g/mol. The fourth-order valence-electron chi connectivity index (χ4n) is 3.65. The van der Waals surface area contributed by atoms with Gasteiger partial charge in [0.1, 0.15) is 35.9 Å². The zero-order valence-electron chi connectivity index (χ0n) is 17.4. The van der Waals surface area contributed by atoms with Crippen molar-refractivity contribution in [3.63, 3.8) is 0 Å². The van der Waals surface area contributed by atoms with Crippen LogP contribution >= 0.6 is 34.8 Å². The van der Waals surface area contributed by atoms with Crippen molar-refractivity contribution in [2.45, 2.75) is 40.7 Å². The van der Waals surface area contributed by atoms with Gasteiger partial charge in [-0.1, -0.05) is 65.1 Å². The highest BCUT2D eigenvalue weighted by atomic mass is 35.6. The van der Waals surface area contributed by atoms with Crippen molar-refractivity contribution >= 4 is 40.7 Å². The molecule has 2 aromatic carbocycles. The van der Waals surface area contributed by atoms with Crippen LogP contribution in [-0.4, -0.2) is 59.2 Å². The van der Waals surface area contributed by atoms with Crippen molar-refractivity contribution in [3.05, 3.63) is 60.2 Å². The maximum atomic E-state index is 12.4. The molecule has 1 amide bonds. The van der Waals surface area contributed by atoms with Crippen molar-refractivity contribution < 1.29 is 33.6 Å². The summed E-state index contributed by atoms with van der Waals surface area (Å²) >= 11 is 17.2. The third-order valence-electron chi connectivity index (χ3n) is 5.30. The van der Waals surface area contributed by atoms with Crippen LogP contribution in [0.3, 0.4) is 0 Å². The summed E-state index contributed by atoms with van der Waals surface area (Å²) in [5, 5.41) is 13.7. The minimum absolute atomic E-state index is 0.134. The van der Waals surface area contributed by atoms with Gasteiger partial charge in [-0.3, -0.25) is 4.79 Å². The molecule has 2 fully saturated rings. The molecule has 0 aliphatic carbocycles. The van der Waals surface area contributed by atoms with E-state index >= 15 is 0 Å². The quantitative estimate of drug-likeness (QED) is 0.587. The number of aliphatic hydroxyl groups is 1. The first-order valence-electron chi connectivity index (χ1n) is 10.1. The van der Waals surface area contributed by atoms with E-state index < -0.39 is 46.6 Å². The van der Waals surface area contributed by atoms with Gasteiger partial charge in [0.2, 0.25) is 6.29 Å². The first kappa shape index (κ1) is 24.3. The molecule has 33 heavy (non-hydrogen) atoms. The second-order valence-corrected chi connectivity index (χ2v) is 9.78. The van der Waals surface area contributed by atoms with E-state index in [9.17, 15) is 9.90 Å². The molecule has 2 heterocycles. The number of amides is 1. The van der Waals surface area contributed by atoms with Crippen LogP contribution in [0.25, 0.3) is 0 Å². The Labute approximate surface area is 205 Å². The number of hydrogen-bond donors (Lipinski definition) is 2. The van der Waals surface area contributed by atoms with Gasteiger partial charge in [0, 0.05) is 5.56 Å². The molecule has 0 spiro atoms. The number of carbonyl (C=O) groups excluding carboxylic acids is 1. The second kappa shape index (κ2) is 10.2. The smallest absolute Gasteiger partial charge is 0.272 e. The van der Waals surface area contributed by atoms with Crippen molar-refractivity contribution in [1.82, 2.24) is 5.32 Å². The molecule has 1 unspecified atom stereocenters. The van der Waals surface area contributed by atoms with Gasteiger partial charge in [-0.2, -0.15) is 0 Å². The third kappa shape index (κ3) is 5.66. The normalized spacial score (nSPS) is 29.6. The molecule has 2 aromatic rings. The van der Waals surface area contributed by atoms with Crippen LogP contribution in [0, 0.1) is 0 Å². The lowest BCUT2D eigenvalue weighted by Crippen LogP contribution is -2.68. The molecule has 178 valence electrons. The van der Waals surface area contributed by atoms with E-state index in [2.05, 4.69) is 5.32 Å². The Morgan fingerprint density at radius 1 is 1.06 bits per heavy atom. The van der Waals surface area contributed by atoms with Crippen molar-refractivity contribution in [3.8, 4) is 11.5 Å². The van der Waals surface area contributed by atoms with E-state index in [4.69, 9.17) is 58.5 Å². The van der Waals surface area contributed by atoms with Gasteiger partial charge in [0.15, 0.2) is 6.29 Å². The molecule has 2 N–H and O–H groups in total. The zero-order valence-corrected chi connectivity index (χ0v) is 19.7. The number of benzene rings is 2. The molecule has 8 nitrogen and oxygen atoms in total. The van der Waals surface area contributed by atoms with Gasteiger partial charge in [0.25, 0.3) is 9.70 Å². The lowest BCUT2D eigenvalue weighted by Gasteiger charge is -2.47. The number of methoxy groups -OCH3 is 1. The molecule has 2 aliphatic rings. The zero-order chi connectivity index (χ0) is 23.6. The largest absolute Gasteiger partial charge is 0.497 e. The third-order valence-corrected chi connectivity index (χ3v) is 5.82. The van der Waals surface area contributed by atoms with Crippen LogP contribution in [0.4, 0.5) is 0 Å². The van der Waals surface area contributed by atoms with Crippen molar-refractivity contribution in [2.24, 2.45) is 0 Å².